The van der Waals surface area contributed by atoms with Crippen LogP contribution in [0.3, 0.4) is 0 Å². The van der Waals surface area contributed by atoms with Gasteiger partial charge < -0.3 is 10.2 Å². The van der Waals surface area contributed by atoms with E-state index in [0.717, 1.165) is 28.0 Å². The fraction of sp³-hybridized carbons (Fsp3) is 0.536. The number of phenols is 1. The molecule has 3 nitrogen and oxygen atoms in total. The molecule has 31 heavy (non-hydrogen) atoms. The smallest absolute Gasteiger partial charge is 0.128 e. The molecular weight excluding hydrogens is 382 g/mol. The first kappa shape index (κ1) is 26.9. The molecule has 0 saturated heterocycles. The van der Waals surface area contributed by atoms with Gasteiger partial charge in [-0.1, -0.05) is 106 Å². The molecule has 0 spiro atoms. The summed E-state index contributed by atoms with van der Waals surface area (Å²) in [6.07, 6.45) is 0. The zero-order valence-electron chi connectivity index (χ0n) is 21.2. The number of aliphatic hydroxyl groups excluding tert-OH is 1. The van der Waals surface area contributed by atoms with Crippen LogP contribution < -0.4 is 0 Å². The highest BCUT2D eigenvalue weighted by atomic mass is 16.3. The Balaban J connectivity index is 0.00000233. The molecule has 3 heteroatoms. The van der Waals surface area contributed by atoms with Gasteiger partial charge in [-0.15, -0.1) is 0 Å². The third-order valence-electron chi connectivity index (χ3n) is 5.34. The lowest BCUT2D eigenvalue weighted by molar-refractivity contribution is 0.240. The van der Waals surface area contributed by atoms with Gasteiger partial charge in [-0.2, -0.15) is 0 Å². The molecule has 0 aliphatic rings. The second-order valence-corrected chi connectivity index (χ2v) is 10.3. The summed E-state index contributed by atoms with van der Waals surface area (Å²) < 4.78 is 0. The SMILES string of the molecule is CC.CC(C)C(CO)N=C(c1ccccc1)c1cc(C(C)(C)C)cc(C(C)(C)C)c1O. The topological polar surface area (TPSA) is 52.8 Å². The maximum Gasteiger partial charge on any atom is 0.128 e. The molecule has 1 atom stereocenters. The van der Waals surface area contributed by atoms with Crippen molar-refractivity contribution in [3.63, 3.8) is 0 Å². The van der Waals surface area contributed by atoms with Gasteiger partial charge in [0, 0.05) is 16.7 Å². The molecule has 0 aliphatic heterocycles. The summed E-state index contributed by atoms with van der Waals surface area (Å²) in [5.41, 5.74) is 4.18. The number of phenolic OH excluding ortho intramolecular Hbond substituents is 1. The van der Waals surface area contributed by atoms with Gasteiger partial charge in [0.2, 0.25) is 0 Å². The van der Waals surface area contributed by atoms with Gasteiger partial charge in [-0.05, 0) is 28.4 Å². The zero-order chi connectivity index (χ0) is 24.0. The Bertz CT molecular complexity index is 853. The van der Waals surface area contributed by atoms with Crippen molar-refractivity contribution in [1.29, 1.82) is 0 Å². The van der Waals surface area contributed by atoms with E-state index < -0.39 is 0 Å². The number of nitrogens with zero attached hydrogens (tertiary/aromatic N) is 1. The van der Waals surface area contributed by atoms with E-state index in [9.17, 15) is 10.2 Å². The fourth-order valence-electron chi connectivity index (χ4n) is 3.28. The van der Waals surface area contributed by atoms with Crippen LogP contribution in [0.5, 0.6) is 5.75 Å². The van der Waals surface area contributed by atoms with Crippen molar-refractivity contribution < 1.29 is 10.2 Å². The van der Waals surface area contributed by atoms with Crippen LogP contribution in [0, 0.1) is 5.92 Å². The molecule has 172 valence electrons. The van der Waals surface area contributed by atoms with E-state index in [1.54, 1.807) is 0 Å². The first-order chi connectivity index (χ1) is 14.4. The van der Waals surface area contributed by atoms with Crippen LogP contribution in [0.2, 0.25) is 0 Å². The summed E-state index contributed by atoms with van der Waals surface area (Å²) in [6, 6.07) is 13.9. The lowest BCUT2D eigenvalue weighted by Crippen LogP contribution is -2.22. The standard InChI is InChI=1S/C26H37NO2.C2H6/c1-17(2)22(16-28)27-23(18-12-10-9-11-13-18)20-14-19(25(3,4)5)15-21(24(20)29)26(6,7)8;1-2/h9-15,17,22,28-29H,16H2,1-8H3;1-2H3. The van der Waals surface area contributed by atoms with Crippen LogP contribution in [-0.2, 0) is 10.8 Å². The molecular formula is C28H43NO2. The lowest BCUT2D eigenvalue weighted by Gasteiger charge is -2.28. The summed E-state index contributed by atoms with van der Waals surface area (Å²) in [6.45, 7) is 21.0. The van der Waals surface area contributed by atoms with Crippen molar-refractivity contribution in [2.24, 2.45) is 10.9 Å². The molecule has 2 aromatic rings. The van der Waals surface area contributed by atoms with Gasteiger partial charge in [0.25, 0.3) is 0 Å². The normalized spacial score (nSPS) is 13.6. The molecule has 0 fully saturated rings. The highest BCUT2D eigenvalue weighted by molar-refractivity contribution is 6.15. The zero-order valence-corrected chi connectivity index (χ0v) is 21.2. The molecule has 0 aliphatic carbocycles. The van der Waals surface area contributed by atoms with Gasteiger partial charge in [-0.25, -0.2) is 0 Å². The highest BCUT2D eigenvalue weighted by Crippen LogP contribution is 2.39. The van der Waals surface area contributed by atoms with Crippen LogP contribution in [0.4, 0.5) is 0 Å². The van der Waals surface area contributed by atoms with Crippen molar-refractivity contribution >= 4 is 5.71 Å². The van der Waals surface area contributed by atoms with Gasteiger partial charge in [0.15, 0.2) is 0 Å². The summed E-state index contributed by atoms with van der Waals surface area (Å²) in [7, 11) is 0. The molecule has 0 bridgehead atoms. The summed E-state index contributed by atoms with van der Waals surface area (Å²) in [4.78, 5) is 4.95. The van der Waals surface area contributed by atoms with Gasteiger partial charge in [-0.3, -0.25) is 4.99 Å². The largest absolute Gasteiger partial charge is 0.507 e. The number of hydrogen-bond acceptors (Lipinski definition) is 3. The number of aliphatic hydroxyl groups is 1. The lowest BCUT2D eigenvalue weighted by atomic mass is 9.78. The van der Waals surface area contributed by atoms with E-state index >= 15 is 0 Å². The van der Waals surface area contributed by atoms with Gasteiger partial charge in [0.05, 0.1) is 18.4 Å². The van der Waals surface area contributed by atoms with Crippen molar-refractivity contribution in [1.82, 2.24) is 0 Å². The van der Waals surface area contributed by atoms with Crippen molar-refractivity contribution in [3.8, 4) is 5.75 Å². The molecule has 2 N–H and O–H groups in total. The molecule has 0 radical (unpaired) electrons. The molecule has 2 rings (SSSR count). The van der Waals surface area contributed by atoms with Crippen LogP contribution in [-0.4, -0.2) is 28.6 Å². The average Bonchev–Trinajstić information content (AvgIpc) is 2.69. The fourth-order valence-corrected chi connectivity index (χ4v) is 3.28. The number of benzene rings is 2. The Kier molecular flexibility index (Phi) is 9.50. The van der Waals surface area contributed by atoms with Crippen LogP contribution >= 0.6 is 0 Å². The predicted octanol–water partition coefficient (Wildman–Crippen LogP) is 6.87. The number of aromatic hydroxyl groups is 1. The Labute approximate surface area is 190 Å². The molecule has 0 saturated carbocycles. The Morgan fingerprint density at radius 2 is 1.45 bits per heavy atom. The minimum atomic E-state index is -0.235. The van der Waals surface area contributed by atoms with Crippen LogP contribution in [0.25, 0.3) is 0 Å². The second kappa shape index (κ2) is 10.9. The third kappa shape index (κ3) is 6.93. The highest BCUT2D eigenvalue weighted by Gasteiger charge is 2.27. The average molecular weight is 426 g/mol. The van der Waals surface area contributed by atoms with E-state index in [1.807, 2.05) is 44.2 Å². The van der Waals surface area contributed by atoms with E-state index in [4.69, 9.17) is 4.99 Å². The molecule has 0 aromatic heterocycles. The van der Waals surface area contributed by atoms with Crippen molar-refractivity contribution in [3.05, 3.63) is 64.7 Å². The van der Waals surface area contributed by atoms with E-state index in [-0.39, 0.29) is 35.1 Å². The monoisotopic (exact) mass is 425 g/mol. The summed E-state index contributed by atoms with van der Waals surface area (Å²) in [5, 5.41) is 21.2. The minimum Gasteiger partial charge on any atom is -0.507 e. The maximum atomic E-state index is 11.3. The van der Waals surface area contributed by atoms with E-state index in [0.29, 0.717) is 0 Å². The van der Waals surface area contributed by atoms with Crippen molar-refractivity contribution in [2.75, 3.05) is 6.61 Å². The van der Waals surface area contributed by atoms with Gasteiger partial charge >= 0.3 is 0 Å². The van der Waals surface area contributed by atoms with E-state index in [2.05, 4.69) is 67.5 Å². The second-order valence-electron chi connectivity index (χ2n) is 10.3. The number of aliphatic imine (C=N–C) groups is 1. The molecule has 0 amide bonds. The molecule has 0 heterocycles. The summed E-state index contributed by atoms with van der Waals surface area (Å²) in [5.74, 6) is 0.460. The first-order valence-electron chi connectivity index (χ1n) is 11.5. The molecule has 1 unspecified atom stereocenters. The van der Waals surface area contributed by atoms with E-state index in [1.165, 1.54) is 0 Å². The summed E-state index contributed by atoms with van der Waals surface area (Å²) >= 11 is 0. The Hall–Kier alpha value is -2.13. The first-order valence-corrected chi connectivity index (χ1v) is 11.5. The van der Waals surface area contributed by atoms with Gasteiger partial charge in [0.1, 0.15) is 5.75 Å². The number of hydrogen-bond donors (Lipinski definition) is 2. The van der Waals surface area contributed by atoms with Crippen molar-refractivity contribution in [2.45, 2.75) is 86.1 Å². The third-order valence-corrected chi connectivity index (χ3v) is 5.34. The number of rotatable bonds is 5. The predicted molar refractivity (Wildman–Crippen MR) is 135 cm³/mol. The quantitative estimate of drug-likeness (QED) is 0.514. The van der Waals surface area contributed by atoms with Crippen LogP contribution in [0.15, 0.2) is 47.5 Å². The Morgan fingerprint density at radius 1 is 0.903 bits per heavy atom. The molecule has 2 aromatic carbocycles. The maximum absolute atomic E-state index is 11.3. The van der Waals surface area contributed by atoms with Crippen LogP contribution in [0.1, 0.15) is 91.5 Å². The Morgan fingerprint density at radius 3 is 1.87 bits per heavy atom. The minimum absolute atomic E-state index is 0.0279.